The third-order valence-corrected chi connectivity index (χ3v) is 28.5. The number of anilines is 5. The molecule has 5 aliphatic heterocycles. The number of piperidine rings is 5. The van der Waals surface area contributed by atoms with E-state index < -0.39 is 122 Å². The van der Waals surface area contributed by atoms with Crippen LogP contribution in [0.25, 0.3) is 28.4 Å². The molecule has 5 fully saturated rings. The summed E-state index contributed by atoms with van der Waals surface area (Å²) in [7, 11) is 0. The van der Waals surface area contributed by atoms with E-state index in [4.69, 9.17) is 0 Å². The maximum absolute atomic E-state index is 10.0. The van der Waals surface area contributed by atoms with Crippen LogP contribution < -0.4 is 26.6 Å². The molecule has 10 heterocycles. The highest BCUT2D eigenvalue weighted by molar-refractivity contribution is 5.58. The number of nitrogens with one attached hydrogen (secondary N) is 5. The van der Waals surface area contributed by atoms with Gasteiger partial charge in [0.2, 0.25) is 0 Å². The molecule has 0 aliphatic carbocycles. The maximum atomic E-state index is 10.0. The van der Waals surface area contributed by atoms with E-state index in [2.05, 4.69) is 141 Å². The number of nitrogens with zero attached hydrogens (tertiary/aromatic N) is 19. The van der Waals surface area contributed by atoms with E-state index in [1.54, 1.807) is 53.4 Å². The van der Waals surface area contributed by atoms with Crippen molar-refractivity contribution in [3.63, 3.8) is 0 Å². The van der Waals surface area contributed by atoms with Crippen LogP contribution in [-0.4, -0.2) is 449 Å². The number of aliphatic hydroxyl groups is 20. The molecule has 44 nitrogen and oxygen atoms in total. The third kappa shape index (κ3) is 35.5. The molecule has 10 aromatic rings. The normalized spacial score (nSPS) is 25.0. The van der Waals surface area contributed by atoms with E-state index in [9.17, 15) is 102 Å². The first kappa shape index (κ1) is 118. The summed E-state index contributed by atoms with van der Waals surface area (Å²) in [5.74, 6) is 0. The van der Waals surface area contributed by atoms with Crippen LogP contribution in [0.2, 0.25) is 0 Å². The highest BCUT2D eigenvalue weighted by Crippen LogP contribution is 2.30. The smallest absolute Gasteiger partial charge is 0.143 e. The summed E-state index contributed by atoms with van der Waals surface area (Å²) >= 11 is 0. The first-order valence-corrected chi connectivity index (χ1v) is 52.3. The van der Waals surface area contributed by atoms with Crippen molar-refractivity contribution in [2.75, 3.05) is 158 Å². The molecule has 0 bridgehead atoms. The topological polar surface area (TPSA) is 622 Å². The van der Waals surface area contributed by atoms with Gasteiger partial charge in [0.25, 0.3) is 0 Å². The third-order valence-electron chi connectivity index (χ3n) is 28.5. The predicted molar refractivity (Wildman–Crippen MR) is 560 cm³/mol. The average Bonchev–Trinajstić information content (AvgIpc) is 1.19. The van der Waals surface area contributed by atoms with Crippen molar-refractivity contribution < 1.29 is 102 Å². The Morgan fingerprint density at radius 1 is 0.277 bits per heavy atom. The quantitative estimate of drug-likeness (QED) is 0.0240. The first-order valence-electron chi connectivity index (χ1n) is 52.3. The molecule has 5 saturated heterocycles. The summed E-state index contributed by atoms with van der Waals surface area (Å²) in [5, 5.41) is 240. The highest BCUT2D eigenvalue weighted by atomic mass is 16.4. The second kappa shape index (κ2) is 62.6. The number of likely N-dealkylation sites (tertiary alicyclic amines) is 5. The number of β-amino-alcohol motifs (C(OH)–C–C–N with tert-alkyl or cyclic N) is 5. The largest absolute Gasteiger partial charge is 0.395 e. The lowest BCUT2D eigenvalue weighted by molar-refractivity contribution is -0.145. The van der Waals surface area contributed by atoms with Crippen molar-refractivity contribution in [1.29, 1.82) is 0 Å². The minimum absolute atomic E-state index is 0.228. The summed E-state index contributed by atoms with van der Waals surface area (Å²) in [4.78, 5) is 17.4. The van der Waals surface area contributed by atoms with Crippen LogP contribution in [0.4, 0.5) is 28.4 Å². The van der Waals surface area contributed by atoms with E-state index in [1.807, 2.05) is 112 Å². The minimum Gasteiger partial charge on any atom is -0.395 e. The fourth-order valence-corrected chi connectivity index (χ4v) is 19.5. The van der Waals surface area contributed by atoms with Gasteiger partial charge >= 0.3 is 0 Å². The van der Waals surface area contributed by atoms with Gasteiger partial charge in [-0.25, -0.2) is 24.0 Å². The number of rotatable bonds is 50. The summed E-state index contributed by atoms with van der Waals surface area (Å²) in [6.45, 7) is 14.3. The Labute approximate surface area is 865 Å². The van der Waals surface area contributed by atoms with Crippen molar-refractivity contribution in [2.45, 2.75) is 271 Å². The summed E-state index contributed by atoms with van der Waals surface area (Å²) in [6.07, 6.45) is 21.0. The van der Waals surface area contributed by atoms with Gasteiger partial charge in [0.05, 0.1) is 117 Å². The van der Waals surface area contributed by atoms with Crippen molar-refractivity contribution in [2.24, 2.45) is 0 Å². The van der Waals surface area contributed by atoms with E-state index in [0.717, 1.165) is 229 Å². The molecule has 148 heavy (non-hydrogen) atoms. The Balaban J connectivity index is 0.000000176. The number of imidazole rings is 1. The molecule has 0 unspecified atom stereocenters. The van der Waals surface area contributed by atoms with E-state index in [-0.39, 0.29) is 65.8 Å². The maximum Gasteiger partial charge on any atom is 0.143 e. The number of aryl methyl sites for hydroxylation is 3. The van der Waals surface area contributed by atoms with Crippen LogP contribution in [0, 0.1) is 20.8 Å². The number of benzene rings is 5. The zero-order chi connectivity index (χ0) is 106. The van der Waals surface area contributed by atoms with Crippen LogP contribution in [0.15, 0.2) is 172 Å². The number of unbranched alkanes of at least 4 members (excludes halogenated alkanes) is 15. The van der Waals surface area contributed by atoms with Gasteiger partial charge in [0, 0.05) is 130 Å². The minimum atomic E-state index is -1.20. The van der Waals surface area contributed by atoms with Gasteiger partial charge in [-0.1, -0.05) is 64.2 Å². The second-order valence-electron chi connectivity index (χ2n) is 39.1. The van der Waals surface area contributed by atoms with E-state index >= 15 is 0 Å². The number of aromatic nitrogens is 14. The Hall–Kier alpha value is -10.1. The van der Waals surface area contributed by atoms with Gasteiger partial charge in [0.1, 0.15) is 92.7 Å². The molecule has 0 amide bonds. The fourth-order valence-electron chi connectivity index (χ4n) is 19.5. The monoisotopic (exact) mass is 2070 g/mol. The zero-order valence-electron chi connectivity index (χ0n) is 85.4. The van der Waals surface area contributed by atoms with Crippen molar-refractivity contribution in [1.82, 2.24) is 93.6 Å². The number of aliphatic hydroxyl groups excluding tert-OH is 20. The Bertz CT molecular complexity index is 4790. The van der Waals surface area contributed by atoms with Crippen LogP contribution in [0.3, 0.4) is 0 Å². The molecular weight excluding hydrogens is 1910 g/mol. The summed E-state index contributed by atoms with van der Waals surface area (Å²) in [5.41, 5.74) is 14.0. The number of hydrogen-bond donors (Lipinski definition) is 25. The summed E-state index contributed by atoms with van der Waals surface area (Å²) in [6, 6.07) is 34.1. The van der Waals surface area contributed by atoms with Crippen LogP contribution >= 0.6 is 0 Å². The molecule has 5 aliphatic rings. The molecule has 44 heteroatoms. The molecule has 20 atom stereocenters. The van der Waals surface area contributed by atoms with Gasteiger partial charge in [-0.15, -0.1) is 15.3 Å². The molecule has 5 aromatic heterocycles. The van der Waals surface area contributed by atoms with E-state index in [1.165, 1.54) is 11.9 Å². The highest BCUT2D eigenvalue weighted by Gasteiger charge is 2.45. The molecule has 818 valence electrons. The molecule has 5 aromatic carbocycles. The van der Waals surface area contributed by atoms with Crippen LogP contribution in [0.1, 0.15) is 145 Å². The van der Waals surface area contributed by atoms with Gasteiger partial charge in [-0.3, -0.25) is 29.1 Å². The lowest BCUT2D eigenvalue weighted by Crippen LogP contribution is -2.62. The Morgan fingerprint density at radius 3 is 0.872 bits per heavy atom. The first-order chi connectivity index (χ1) is 71.7. The van der Waals surface area contributed by atoms with Crippen LogP contribution in [-0.2, 0) is 0 Å². The Kier molecular flexibility index (Phi) is 50.0. The molecule has 0 saturated carbocycles. The molecule has 0 radical (unpaired) electrons. The van der Waals surface area contributed by atoms with Gasteiger partial charge < -0.3 is 133 Å². The standard InChI is InChI=1S/C22H34N4O4.C21H33N5O4.C21H32N4O4.C20H32N6O4.C20H31N5O4/c1-16-13-17(26-12-6-10-24-26)7-8-18(16)23-9-4-2-3-5-11-25-14-20(28)22(30)21(29)19(25)15-27;1-15-10-16(26-14-22-13-24-26)6-7-17(15)23-8-4-2-3-5-9-25-11-19(28)21(30)20(29)18(25)12-27;26-14-18-20(28)21(29)19(27)13-24(18)11-4-2-1-3-9-23-16-5-7-17(8-6-16)25-12-10-22-15-25;1-14-10-15(26-13-22-23-24-26)6-7-16(14)21-8-4-2-3-5-9-25-11-18(28)20(30)19(29)17(25)12-27;26-12-17-19(28)20(29)18(27)11-24(17)10-4-2-1-3-9-21-15-5-7-16(8-6-15)25-13-22-23-14-25/h6-8,10,12-13,19-23,27-30H,2-5,9,11,14-15H2,1H3;6-7,10,13-14,18-21,23,27-30H,2-5,8-9,11-12H2,1H3;5-8,10,12,15,18-21,23,26-29H,1-4,9,11,13-14H2;6-7,10,13,17-21,27-30H,2-5,8-9,11-12H2,1H3;5-8,13-14,17-21,26-29H,1-4,9-12H2/t19-,20+,21-,22-;2*18-,19+,20-,21-;2*17-,18+,19-,20-/m11111/s1. The van der Waals surface area contributed by atoms with Crippen molar-refractivity contribution in [3.05, 3.63) is 189 Å². The van der Waals surface area contributed by atoms with Crippen molar-refractivity contribution >= 4 is 28.4 Å². The van der Waals surface area contributed by atoms with Gasteiger partial charge in [-0.05, 0) is 254 Å². The predicted octanol–water partition coefficient (Wildman–Crippen LogP) is 1.52. The van der Waals surface area contributed by atoms with Gasteiger partial charge in [-0.2, -0.15) is 10.2 Å². The second-order valence-corrected chi connectivity index (χ2v) is 39.1. The average molecular weight is 2070 g/mol. The zero-order valence-corrected chi connectivity index (χ0v) is 85.4. The lowest BCUT2D eigenvalue weighted by atomic mass is 9.94. The van der Waals surface area contributed by atoms with Crippen LogP contribution in [0.5, 0.6) is 0 Å². The molecule has 0 spiro atoms. The molecule has 25 N–H and O–H groups in total. The van der Waals surface area contributed by atoms with E-state index in [0.29, 0.717) is 32.7 Å². The van der Waals surface area contributed by atoms with Crippen molar-refractivity contribution in [3.8, 4) is 28.4 Å². The lowest BCUT2D eigenvalue weighted by Gasteiger charge is -2.43. The summed E-state index contributed by atoms with van der Waals surface area (Å²) < 4.78 is 9.02. The molecule has 15 rings (SSSR count). The Morgan fingerprint density at radius 2 is 0.588 bits per heavy atom. The number of tetrazole rings is 1. The van der Waals surface area contributed by atoms with Gasteiger partial charge in [0.15, 0.2) is 0 Å². The fraction of sp³-hybridized carbons (Fsp3) is 0.606. The number of hydrogen-bond acceptors (Lipinski definition) is 39. The molecular formula is C104H162N24O20. The SMILES string of the molecule is Cc1cc(-n2cccn2)ccc1NCCCCCCN1C[C@H](O)[C@@H](O)[C@H](O)[C@H]1CO.Cc1cc(-n2cncn2)ccc1NCCCCCCN1C[C@H](O)[C@@H](O)[C@H](O)[C@H]1CO.Cc1cc(-n2cnnn2)ccc1NCCCCCCN1C[C@H](O)[C@@H](O)[C@H](O)[C@H]1CO.OC[C@@H]1[C@@H](O)[C@H](O)[C@@H](O)CN1CCCCCCNc1ccc(-n2ccnc2)cc1.OC[C@@H]1[C@@H](O)[C@H](O)[C@@H](O)CN1CCCCCCNc1ccc(-n2cnnc2)cc1.